The third-order valence-corrected chi connectivity index (χ3v) is 5.65. The summed E-state index contributed by atoms with van der Waals surface area (Å²) >= 11 is 6.05. The van der Waals surface area contributed by atoms with E-state index < -0.39 is 0 Å². The fourth-order valence-corrected chi connectivity index (χ4v) is 4.05. The van der Waals surface area contributed by atoms with E-state index >= 15 is 0 Å². The molecular formula is C22H20ClN5O2. The van der Waals surface area contributed by atoms with E-state index in [9.17, 15) is 4.79 Å². The minimum absolute atomic E-state index is 0.0997. The number of amides is 1. The van der Waals surface area contributed by atoms with Crippen molar-refractivity contribution in [2.24, 2.45) is 0 Å². The third-order valence-electron chi connectivity index (χ3n) is 5.41. The molecule has 4 aromatic rings. The van der Waals surface area contributed by atoms with Crippen LogP contribution >= 0.6 is 11.6 Å². The summed E-state index contributed by atoms with van der Waals surface area (Å²) in [5, 5.41) is 2.48. The monoisotopic (exact) mass is 421 g/mol. The fraction of sp³-hybridized carbons (Fsp3) is 0.227. The number of furan rings is 1. The van der Waals surface area contributed by atoms with Gasteiger partial charge in [0.1, 0.15) is 23.5 Å². The number of anilines is 1. The molecule has 0 spiro atoms. The van der Waals surface area contributed by atoms with Crippen molar-refractivity contribution in [1.82, 2.24) is 19.8 Å². The van der Waals surface area contributed by atoms with Crippen LogP contribution < -0.4 is 5.73 Å². The van der Waals surface area contributed by atoms with Crippen LogP contribution in [0.4, 0.5) is 5.82 Å². The molecule has 1 fully saturated rings. The number of hydrogen-bond donors (Lipinski definition) is 1. The van der Waals surface area contributed by atoms with Gasteiger partial charge in [0.05, 0.1) is 18.6 Å². The van der Waals surface area contributed by atoms with Crippen molar-refractivity contribution in [2.75, 3.05) is 25.4 Å². The molecule has 2 N–H and O–H groups in total. The molecule has 0 bridgehead atoms. The molecule has 0 atom stereocenters. The molecule has 0 aliphatic carbocycles. The predicted octanol–water partition coefficient (Wildman–Crippen LogP) is 3.46. The first-order valence-corrected chi connectivity index (χ1v) is 10.1. The van der Waals surface area contributed by atoms with Crippen LogP contribution in [0.25, 0.3) is 21.9 Å². The number of aromatic nitrogens is 2. The molecule has 7 nitrogen and oxygen atoms in total. The highest BCUT2D eigenvalue weighted by Crippen LogP contribution is 2.24. The minimum atomic E-state index is 0.0997. The number of carbonyl (C=O) groups excluding carboxylic acids is 1. The van der Waals surface area contributed by atoms with Crippen molar-refractivity contribution in [3.05, 3.63) is 65.1 Å². The summed E-state index contributed by atoms with van der Waals surface area (Å²) in [6.45, 7) is 2.95. The van der Waals surface area contributed by atoms with E-state index in [1.165, 1.54) is 6.33 Å². The Bertz CT molecular complexity index is 1250. The highest BCUT2D eigenvalue weighted by atomic mass is 35.5. The number of nitrogens with two attached hydrogens (primary N) is 1. The van der Waals surface area contributed by atoms with Gasteiger partial charge in [-0.2, -0.15) is 0 Å². The van der Waals surface area contributed by atoms with Gasteiger partial charge in [0, 0.05) is 35.4 Å². The van der Waals surface area contributed by atoms with Crippen molar-refractivity contribution in [2.45, 2.75) is 13.1 Å². The maximum Gasteiger partial charge on any atom is 0.237 e. The second-order valence-electron chi connectivity index (χ2n) is 7.53. The average molecular weight is 422 g/mol. The number of halogens is 1. The first-order valence-electron chi connectivity index (χ1n) is 9.72. The maximum atomic E-state index is 12.7. The Morgan fingerprint density at radius 2 is 1.97 bits per heavy atom. The van der Waals surface area contributed by atoms with Crippen molar-refractivity contribution in [3.63, 3.8) is 0 Å². The zero-order valence-electron chi connectivity index (χ0n) is 16.2. The fourth-order valence-electron chi connectivity index (χ4n) is 3.87. The van der Waals surface area contributed by atoms with E-state index in [0.29, 0.717) is 37.0 Å². The molecular weight excluding hydrogens is 402 g/mol. The summed E-state index contributed by atoms with van der Waals surface area (Å²) < 4.78 is 5.89. The molecule has 1 saturated heterocycles. The van der Waals surface area contributed by atoms with Gasteiger partial charge in [-0.3, -0.25) is 9.69 Å². The number of nitrogen functional groups attached to an aromatic ring is 1. The molecule has 1 aliphatic rings. The van der Waals surface area contributed by atoms with Crippen molar-refractivity contribution >= 4 is 45.2 Å². The Balaban J connectivity index is 1.24. The summed E-state index contributed by atoms with van der Waals surface area (Å²) in [6.07, 6.45) is 1.46. The van der Waals surface area contributed by atoms with Crippen LogP contribution in [0.2, 0.25) is 5.02 Å². The molecule has 0 unspecified atom stereocenters. The Labute approximate surface area is 178 Å². The number of carbonyl (C=O) groups is 1. The SMILES string of the molecule is Nc1ncnc2cc(CN3CCN(Cc4cc5cc(Cl)ccc5o4)CC3=O)ccc12. The van der Waals surface area contributed by atoms with Crippen molar-refractivity contribution in [3.8, 4) is 0 Å². The Morgan fingerprint density at radius 3 is 2.83 bits per heavy atom. The van der Waals surface area contributed by atoms with E-state index in [-0.39, 0.29) is 5.91 Å². The number of fused-ring (bicyclic) bond motifs is 2. The molecule has 3 heterocycles. The van der Waals surface area contributed by atoms with Gasteiger partial charge < -0.3 is 15.1 Å². The first-order chi connectivity index (χ1) is 14.5. The lowest BCUT2D eigenvalue weighted by Crippen LogP contribution is -2.49. The molecule has 30 heavy (non-hydrogen) atoms. The number of nitrogens with zero attached hydrogens (tertiary/aromatic N) is 4. The minimum Gasteiger partial charge on any atom is -0.460 e. The molecule has 5 rings (SSSR count). The largest absolute Gasteiger partial charge is 0.460 e. The summed E-state index contributed by atoms with van der Waals surface area (Å²) in [5.41, 5.74) is 8.51. The smallest absolute Gasteiger partial charge is 0.237 e. The summed E-state index contributed by atoms with van der Waals surface area (Å²) in [5.74, 6) is 1.40. The van der Waals surface area contributed by atoms with Crippen LogP contribution in [0.15, 0.2) is 53.2 Å². The summed E-state index contributed by atoms with van der Waals surface area (Å²) in [7, 11) is 0. The lowest BCUT2D eigenvalue weighted by molar-refractivity contribution is -0.137. The second-order valence-corrected chi connectivity index (χ2v) is 7.97. The van der Waals surface area contributed by atoms with Crippen LogP contribution in [0.5, 0.6) is 0 Å². The zero-order chi connectivity index (χ0) is 20.7. The topological polar surface area (TPSA) is 88.5 Å². The molecule has 1 aliphatic heterocycles. The Morgan fingerprint density at radius 1 is 1.07 bits per heavy atom. The quantitative estimate of drug-likeness (QED) is 0.543. The number of hydrogen-bond acceptors (Lipinski definition) is 6. The summed E-state index contributed by atoms with van der Waals surface area (Å²) in [6, 6.07) is 13.4. The molecule has 0 radical (unpaired) electrons. The van der Waals surface area contributed by atoms with Gasteiger partial charge in [0.2, 0.25) is 5.91 Å². The van der Waals surface area contributed by atoms with Crippen molar-refractivity contribution < 1.29 is 9.21 Å². The van der Waals surface area contributed by atoms with Crippen LogP contribution in [0.1, 0.15) is 11.3 Å². The number of rotatable bonds is 4. The third kappa shape index (κ3) is 3.69. The number of benzene rings is 2. The van der Waals surface area contributed by atoms with Gasteiger partial charge in [-0.25, -0.2) is 9.97 Å². The van der Waals surface area contributed by atoms with E-state index in [0.717, 1.165) is 39.7 Å². The van der Waals surface area contributed by atoms with E-state index in [2.05, 4.69) is 14.9 Å². The van der Waals surface area contributed by atoms with Gasteiger partial charge in [0.25, 0.3) is 0 Å². The van der Waals surface area contributed by atoms with Crippen LogP contribution in [0, 0.1) is 0 Å². The molecule has 152 valence electrons. The summed E-state index contributed by atoms with van der Waals surface area (Å²) in [4.78, 5) is 25.0. The Hall–Kier alpha value is -3.16. The Kier molecular flexibility index (Phi) is 4.77. The van der Waals surface area contributed by atoms with Gasteiger partial charge in [-0.05, 0) is 42.0 Å². The van der Waals surface area contributed by atoms with Crippen LogP contribution in [-0.2, 0) is 17.9 Å². The molecule has 2 aromatic heterocycles. The lowest BCUT2D eigenvalue weighted by Gasteiger charge is -2.34. The molecule has 1 amide bonds. The molecule has 8 heteroatoms. The van der Waals surface area contributed by atoms with Gasteiger partial charge in [-0.1, -0.05) is 17.7 Å². The second kappa shape index (κ2) is 7.59. The highest BCUT2D eigenvalue weighted by Gasteiger charge is 2.25. The zero-order valence-corrected chi connectivity index (χ0v) is 17.0. The van der Waals surface area contributed by atoms with E-state index in [1.54, 1.807) is 0 Å². The predicted molar refractivity (Wildman–Crippen MR) is 116 cm³/mol. The standard InChI is InChI=1S/C22H20ClN5O2/c23-16-2-4-20-15(8-16)9-17(30-20)11-27-5-6-28(21(29)12-27)10-14-1-3-18-19(7-14)25-13-26-22(18)24/h1-4,7-9,13H,5-6,10-12H2,(H2,24,25,26). The van der Waals surface area contributed by atoms with Crippen LogP contribution in [0.3, 0.4) is 0 Å². The first kappa shape index (κ1) is 18.8. The van der Waals surface area contributed by atoms with E-state index in [1.807, 2.05) is 47.4 Å². The molecule has 2 aromatic carbocycles. The van der Waals surface area contributed by atoms with Gasteiger partial charge in [0.15, 0.2) is 0 Å². The molecule has 0 saturated carbocycles. The normalized spacial score (nSPS) is 15.4. The van der Waals surface area contributed by atoms with Crippen molar-refractivity contribution in [1.29, 1.82) is 0 Å². The average Bonchev–Trinajstić information content (AvgIpc) is 3.11. The van der Waals surface area contributed by atoms with Crippen LogP contribution in [-0.4, -0.2) is 45.3 Å². The highest BCUT2D eigenvalue weighted by molar-refractivity contribution is 6.31. The van der Waals surface area contributed by atoms with Gasteiger partial charge in [-0.15, -0.1) is 0 Å². The van der Waals surface area contributed by atoms with E-state index in [4.69, 9.17) is 21.8 Å². The number of piperazine rings is 1. The maximum absolute atomic E-state index is 12.7. The van der Waals surface area contributed by atoms with Gasteiger partial charge >= 0.3 is 0 Å². The lowest BCUT2D eigenvalue weighted by atomic mass is 10.1.